The monoisotopic (exact) mass is 305 g/mol. The van der Waals surface area contributed by atoms with Crippen molar-refractivity contribution in [1.82, 2.24) is 5.43 Å². The second-order valence-corrected chi connectivity index (χ2v) is 5.65. The Morgan fingerprint density at radius 3 is 3.19 bits per heavy atom. The van der Waals surface area contributed by atoms with Crippen LogP contribution in [0, 0.1) is 0 Å². The third kappa shape index (κ3) is 4.61. The first-order chi connectivity index (χ1) is 10.2. The van der Waals surface area contributed by atoms with E-state index in [4.69, 9.17) is 10.5 Å². The van der Waals surface area contributed by atoms with Crippen molar-refractivity contribution in [3.8, 4) is 5.75 Å². The SMILES string of the molecule is CSCC[C@@H](N)C(=O)N/N=C/C1=Cc2ccccc2OC1. The zero-order valence-electron chi connectivity index (χ0n) is 11.9. The van der Waals surface area contributed by atoms with Gasteiger partial charge in [-0.15, -0.1) is 0 Å². The summed E-state index contributed by atoms with van der Waals surface area (Å²) >= 11 is 1.66. The van der Waals surface area contributed by atoms with Gasteiger partial charge in [-0.1, -0.05) is 18.2 Å². The van der Waals surface area contributed by atoms with Crippen LogP contribution in [0.2, 0.25) is 0 Å². The number of hydrogen-bond acceptors (Lipinski definition) is 5. The molecule has 0 fully saturated rings. The number of thioether (sulfide) groups is 1. The highest BCUT2D eigenvalue weighted by Crippen LogP contribution is 2.24. The van der Waals surface area contributed by atoms with Gasteiger partial charge in [-0.2, -0.15) is 16.9 Å². The van der Waals surface area contributed by atoms with Gasteiger partial charge in [0, 0.05) is 11.1 Å². The normalized spacial score (nSPS) is 15.0. The number of para-hydroxylation sites is 1. The molecule has 1 amide bonds. The molecule has 112 valence electrons. The molecule has 0 aromatic heterocycles. The number of nitrogens with two attached hydrogens (primary N) is 1. The number of ether oxygens (including phenoxy) is 1. The molecule has 21 heavy (non-hydrogen) atoms. The fourth-order valence-electron chi connectivity index (χ4n) is 1.85. The van der Waals surface area contributed by atoms with E-state index in [-0.39, 0.29) is 5.91 Å². The molecule has 6 heteroatoms. The van der Waals surface area contributed by atoms with Crippen molar-refractivity contribution in [2.45, 2.75) is 12.5 Å². The lowest BCUT2D eigenvalue weighted by molar-refractivity contribution is -0.122. The van der Waals surface area contributed by atoms with Crippen molar-refractivity contribution >= 4 is 30.0 Å². The minimum atomic E-state index is -0.521. The van der Waals surface area contributed by atoms with Gasteiger partial charge in [-0.3, -0.25) is 4.79 Å². The summed E-state index contributed by atoms with van der Waals surface area (Å²) in [6.45, 7) is 0.439. The molecule has 1 atom stereocenters. The van der Waals surface area contributed by atoms with Crippen LogP contribution in [0.3, 0.4) is 0 Å². The van der Waals surface area contributed by atoms with Crippen molar-refractivity contribution in [2.24, 2.45) is 10.8 Å². The van der Waals surface area contributed by atoms with Gasteiger partial charge in [0.1, 0.15) is 12.4 Å². The van der Waals surface area contributed by atoms with E-state index in [9.17, 15) is 4.79 Å². The Bertz CT molecular complexity index is 558. The summed E-state index contributed by atoms with van der Waals surface area (Å²) < 4.78 is 5.59. The van der Waals surface area contributed by atoms with Crippen LogP contribution in [-0.4, -0.2) is 36.8 Å². The van der Waals surface area contributed by atoms with E-state index in [2.05, 4.69) is 10.5 Å². The molecular weight excluding hydrogens is 286 g/mol. The van der Waals surface area contributed by atoms with E-state index in [1.165, 1.54) is 0 Å². The maximum atomic E-state index is 11.7. The zero-order valence-corrected chi connectivity index (χ0v) is 12.7. The van der Waals surface area contributed by atoms with Crippen molar-refractivity contribution < 1.29 is 9.53 Å². The van der Waals surface area contributed by atoms with Gasteiger partial charge >= 0.3 is 0 Å². The first-order valence-electron chi connectivity index (χ1n) is 6.70. The maximum absolute atomic E-state index is 11.7. The number of benzene rings is 1. The minimum Gasteiger partial charge on any atom is -0.488 e. The number of carbonyl (C=O) groups excluding carboxylic acids is 1. The molecule has 0 aliphatic carbocycles. The molecule has 0 spiro atoms. The van der Waals surface area contributed by atoms with Crippen LogP contribution in [0.5, 0.6) is 5.75 Å². The van der Waals surface area contributed by atoms with E-state index in [0.717, 1.165) is 22.6 Å². The number of hydrogen-bond donors (Lipinski definition) is 2. The van der Waals surface area contributed by atoms with Crippen molar-refractivity contribution in [3.05, 3.63) is 35.4 Å². The largest absolute Gasteiger partial charge is 0.488 e. The van der Waals surface area contributed by atoms with Crippen LogP contribution in [0.4, 0.5) is 0 Å². The average Bonchev–Trinajstić information content (AvgIpc) is 2.52. The second kappa shape index (κ2) is 7.85. The van der Waals surface area contributed by atoms with Gasteiger partial charge in [0.25, 0.3) is 5.91 Å². The van der Waals surface area contributed by atoms with Gasteiger partial charge < -0.3 is 10.5 Å². The van der Waals surface area contributed by atoms with Gasteiger partial charge in [0.05, 0.1) is 12.3 Å². The van der Waals surface area contributed by atoms with Crippen LogP contribution in [0.1, 0.15) is 12.0 Å². The predicted molar refractivity (Wildman–Crippen MR) is 87.5 cm³/mol. The molecule has 1 aliphatic rings. The lowest BCUT2D eigenvalue weighted by atomic mass is 10.1. The molecule has 5 nitrogen and oxygen atoms in total. The third-order valence-corrected chi connectivity index (χ3v) is 3.67. The Morgan fingerprint density at radius 2 is 2.38 bits per heavy atom. The van der Waals surface area contributed by atoms with Crippen LogP contribution >= 0.6 is 11.8 Å². The van der Waals surface area contributed by atoms with Crippen LogP contribution in [0.15, 0.2) is 34.9 Å². The molecule has 0 bridgehead atoms. The third-order valence-electron chi connectivity index (χ3n) is 3.03. The molecule has 1 heterocycles. The molecule has 1 aromatic carbocycles. The molecule has 1 aromatic rings. The topological polar surface area (TPSA) is 76.7 Å². The molecule has 1 aliphatic heterocycles. The first-order valence-corrected chi connectivity index (χ1v) is 8.10. The van der Waals surface area contributed by atoms with Crippen molar-refractivity contribution in [1.29, 1.82) is 0 Å². The number of rotatable bonds is 6. The highest BCUT2D eigenvalue weighted by molar-refractivity contribution is 7.98. The molecule has 0 saturated carbocycles. The van der Waals surface area contributed by atoms with Gasteiger partial charge in [-0.05, 0) is 30.6 Å². The Kier molecular flexibility index (Phi) is 5.83. The number of nitrogens with one attached hydrogen (secondary N) is 1. The van der Waals surface area contributed by atoms with Gasteiger partial charge in [-0.25, -0.2) is 5.43 Å². The Morgan fingerprint density at radius 1 is 1.57 bits per heavy atom. The van der Waals surface area contributed by atoms with E-state index in [1.807, 2.05) is 36.6 Å². The Labute approximate surface area is 128 Å². The summed E-state index contributed by atoms with van der Waals surface area (Å²) in [5.41, 5.74) is 10.1. The lowest BCUT2D eigenvalue weighted by Crippen LogP contribution is -2.38. The summed E-state index contributed by atoms with van der Waals surface area (Å²) in [5.74, 6) is 1.45. The van der Waals surface area contributed by atoms with Crippen molar-refractivity contribution in [3.63, 3.8) is 0 Å². The van der Waals surface area contributed by atoms with E-state index < -0.39 is 6.04 Å². The fraction of sp³-hybridized carbons (Fsp3) is 0.333. The van der Waals surface area contributed by atoms with E-state index in [0.29, 0.717) is 13.0 Å². The standard InChI is InChI=1S/C15H19N3O2S/c1-21-7-6-13(16)15(19)18-17-9-11-8-12-4-2-3-5-14(12)20-10-11/h2-5,8-9,13H,6-7,10,16H2,1H3,(H,18,19)/b17-9+/t13-/m1/s1. The van der Waals surface area contributed by atoms with E-state index >= 15 is 0 Å². The molecule has 0 unspecified atom stereocenters. The first kappa shape index (κ1) is 15.6. The lowest BCUT2D eigenvalue weighted by Gasteiger charge is -2.15. The highest BCUT2D eigenvalue weighted by Gasteiger charge is 2.12. The quantitative estimate of drug-likeness (QED) is 0.619. The second-order valence-electron chi connectivity index (χ2n) is 4.67. The molecule has 0 radical (unpaired) electrons. The zero-order chi connectivity index (χ0) is 15.1. The molecule has 3 N–H and O–H groups in total. The van der Waals surface area contributed by atoms with Crippen LogP contribution < -0.4 is 15.9 Å². The van der Waals surface area contributed by atoms with Crippen molar-refractivity contribution in [2.75, 3.05) is 18.6 Å². The van der Waals surface area contributed by atoms with Gasteiger partial charge in [0.15, 0.2) is 0 Å². The predicted octanol–water partition coefficient (Wildman–Crippen LogP) is 1.64. The maximum Gasteiger partial charge on any atom is 0.256 e. The summed E-state index contributed by atoms with van der Waals surface area (Å²) in [6, 6.07) is 7.26. The van der Waals surface area contributed by atoms with E-state index in [1.54, 1.807) is 18.0 Å². The molecular formula is C15H19N3O2S. The molecule has 0 saturated heterocycles. The number of amides is 1. The average molecular weight is 305 g/mol. The Hall–Kier alpha value is -1.79. The summed E-state index contributed by atoms with van der Waals surface area (Å²) in [7, 11) is 0. The highest BCUT2D eigenvalue weighted by atomic mass is 32.2. The van der Waals surface area contributed by atoms with Gasteiger partial charge in [0.2, 0.25) is 0 Å². The van der Waals surface area contributed by atoms with Crippen LogP contribution in [0.25, 0.3) is 6.08 Å². The summed E-state index contributed by atoms with van der Waals surface area (Å²) in [6.07, 6.45) is 6.20. The smallest absolute Gasteiger partial charge is 0.256 e. The number of hydrazone groups is 1. The molecule has 2 rings (SSSR count). The fourth-order valence-corrected chi connectivity index (χ4v) is 2.34. The Balaban J connectivity index is 1.88. The number of fused-ring (bicyclic) bond motifs is 1. The summed E-state index contributed by atoms with van der Waals surface area (Å²) in [4.78, 5) is 11.7. The number of carbonyl (C=O) groups is 1. The number of nitrogens with zero attached hydrogens (tertiary/aromatic N) is 1. The minimum absolute atomic E-state index is 0.266. The summed E-state index contributed by atoms with van der Waals surface area (Å²) in [5, 5.41) is 3.94. The van der Waals surface area contributed by atoms with Crippen LogP contribution in [-0.2, 0) is 4.79 Å².